The van der Waals surface area contributed by atoms with E-state index in [1.54, 1.807) is 19.4 Å². The van der Waals surface area contributed by atoms with Crippen molar-refractivity contribution >= 4 is 49.0 Å². The molecule has 11 nitrogen and oxygen atoms in total. The van der Waals surface area contributed by atoms with Gasteiger partial charge in [-0.3, -0.25) is 9.97 Å². The summed E-state index contributed by atoms with van der Waals surface area (Å²) in [7, 11) is -2.28. The van der Waals surface area contributed by atoms with E-state index >= 15 is 4.39 Å². The Morgan fingerprint density at radius 2 is 1.81 bits per heavy atom. The lowest BCUT2D eigenvalue weighted by atomic mass is 10.2. The molecule has 2 amide bonds. The minimum Gasteiger partial charge on any atom is -0.453 e. The number of urea groups is 1. The van der Waals surface area contributed by atoms with Gasteiger partial charge in [0, 0.05) is 56.1 Å². The van der Waals surface area contributed by atoms with Crippen LogP contribution in [-0.4, -0.2) is 44.7 Å². The summed E-state index contributed by atoms with van der Waals surface area (Å²) in [5.74, 6) is -0.322. The number of primary sulfonamides is 1. The molecule has 5 aromatic rings. The summed E-state index contributed by atoms with van der Waals surface area (Å²) in [6.45, 7) is 2.07. The smallest absolute Gasteiger partial charge is 0.323 e. The number of hydrogen-bond donors (Lipinski definition) is 4. The number of nitrogens with zero attached hydrogens (tertiary/aromatic N) is 2. The fourth-order valence-electron chi connectivity index (χ4n) is 4.03. The van der Waals surface area contributed by atoms with Crippen LogP contribution in [0, 0.1) is 5.82 Å². The van der Waals surface area contributed by atoms with Crippen LogP contribution in [0.25, 0.3) is 20.8 Å². The van der Waals surface area contributed by atoms with E-state index in [9.17, 15) is 13.2 Å². The van der Waals surface area contributed by atoms with Crippen LogP contribution in [0.5, 0.6) is 11.5 Å². The third kappa shape index (κ3) is 7.68. The molecule has 5 N–H and O–H groups in total. The number of nitrogens with two attached hydrogens (primary N) is 1. The fourth-order valence-corrected chi connectivity index (χ4v) is 5.63. The van der Waals surface area contributed by atoms with Crippen molar-refractivity contribution in [3.05, 3.63) is 90.5 Å². The molecule has 3 heterocycles. The Morgan fingerprint density at radius 1 is 1.00 bits per heavy atom. The Kier molecular flexibility index (Phi) is 9.23. The van der Waals surface area contributed by atoms with E-state index in [1.807, 2.05) is 24.4 Å². The summed E-state index contributed by atoms with van der Waals surface area (Å²) in [6.07, 6.45) is 3.40. The van der Waals surface area contributed by atoms with Gasteiger partial charge in [-0.05, 0) is 48.0 Å². The van der Waals surface area contributed by atoms with Crippen molar-refractivity contribution in [1.29, 1.82) is 0 Å². The maximum Gasteiger partial charge on any atom is 0.323 e. The summed E-state index contributed by atoms with van der Waals surface area (Å²) >= 11 is 1.43. The summed E-state index contributed by atoms with van der Waals surface area (Å²) in [4.78, 5) is 22.1. The maximum absolute atomic E-state index is 15.0. The van der Waals surface area contributed by atoms with Crippen molar-refractivity contribution in [3.8, 4) is 22.1 Å². The van der Waals surface area contributed by atoms with E-state index in [-0.39, 0.29) is 22.0 Å². The van der Waals surface area contributed by atoms with Gasteiger partial charge in [-0.15, -0.1) is 11.3 Å². The summed E-state index contributed by atoms with van der Waals surface area (Å²) in [5.41, 5.74) is 2.87. The first-order valence-corrected chi connectivity index (χ1v) is 15.3. The van der Waals surface area contributed by atoms with Crippen molar-refractivity contribution in [1.82, 2.24) is 15.3 Å². The zero-order valence-electron chi connectivity index (χ0n) is 22.8. The van der Waals surface area contributed by atoms with Crippen LogP contribution in [-0.2, 0) is 21.3 Å². The molecular weight excluding hydrogens is 595 g/mol. The number of nitrogens with one attached hydrogen (secondary N) is 3. The standard InChI is InChI=1S/C29H27FN6O5S2/c1-40-12-11-32-16-18-5-7-23(34-17-18)27-15-24-28(42-27)26(9-10-33-24)41-25-8-6-20(14-22(25)30)36-29(37)35-19-3-2-4-21(13-19)43(31,38)39/h2-10,13-15,17,32H,11-12,16H2,1H3,(H2,31,38,39)(H2,35,36,37). The second kappa shape index (κ2) is 13.2. The molecule has 2 aromatic carbocycles. The van der Waals surface area contributed by atoms with Crippen LogP contribution in [0.3, 0.4) is 0 Å². The second-order valence-corrected chi connectivity index (χ2v) is 11.9. The minimum atomic E-state index is -3.94. The number of ether oxygens (including phenoxy) is 2. The van der Waals surface area contributed by atoms with E-state index in [0.717, 1.165) is 33.4 Å². The van der Waals surface area contributed by atoms with Crippen LogP contribution in [0.2, 0.25) is 0 Å². The number of carbonyl (C=O) groups is 1. The van der Waals surface area contributed by atoms with E-state index in [1.165, 1.54) is 47.7 Å². The Morgan fingerprint density at radius 3 is 2.53 bits per heavy atom. The van der Waals surface area contributed by atoms with Gasteiger partial charge in [0.2, 0.25) is 10.0 Å². The lowest BCUT2D eigenvalue weighted by Crippen LogP contribution is -2.20. The van der Waals surface area contributed by atoms with Gasteiger partial charge in [0.25, 0.3) is 0 Å². The number of fused-ring (bicyclic) bond motifs is 1. The minimum absolute atomic E-state index is 0.0438. The van der Waals surface area contributed by atoms with Gasteiger partial charge in [0.15, 0.2) is 11.6 Å². The highest BCUT2D eigenvalue weighted by Gasteiger charge is 2.15. The number of hydrogen-bond acceptors (Lipinski definition) is 9. The topological polar surface area (TPSA) is 158 Å². The number of anilines is 2. The highest BCUT2D eigenvalue weighted by atomic mass is 32.2. The second-order valence-electron chi connectivity index (χ2n) is 9.25. The van der Waals surface area contributed by atoms with Crippen molar-refractivity contribution in [3.63, 3.8) is 0 Å². The van der Waals surface area contributed by atoms with Gasteiger partial charge < -0.3 is 25.4 Å². The van der Waals surface area contributed by atoms with Crippen molar-refractivity contribution < 1.29 is 27.1 Å². The van der Waals surface area contributed by atoms with Crippen LogP contribution in [0.15, 0.2) is 84.0 Å². The molecule has 0 unspecified atom stereocenters. The van der Waals surface area contributed by atoms with Crippen LogP contribution >= 0.6 is 11.3 Å². The highest BCUT2D eigenvalue weighted by Crippen LogP contribution is 2.39. The van der Waals surface area contributed by atoms with Crippen molar-refractivity contribution in [2.45, 2.75) is 11.4 Å². The molecule has 0 aliphatic rings. The Labute approximate surface area is 250 Å². The molecule has 0 spiro atoms. The first-order valence-electron chi connectivity index (χ1n) is 12.9. The van der Waals surface area contributed by atoms with Crippen molar-refractivity contribution in [2.24, 2.45) is 5.14 Å². The number of rotatable bonds is 11. The number of thiophene rings is 1. The molecule has 0 atom stereocenters. The SMILES string of the molecule is COCCNCc1ccc(-c2cc3nccc(Oc4ccc(NC(=O)Nc5cccc(S(N)(=O)=O)c5)cc4F)c3s2)nc1. The quantitative estimate of drug-likeness (QED) is 0.144. The predicted octanol–water partition coefficient (Wildman–Crippen LogP) is 5.32. The number of aromatic nitrogens is 2. The molecule has 222 valence electrons. The van der Waals surface area contributed by atoms with Gasteiger partial charge in [-0.25, -0.2) is 22.7 Å². The number of pyridine rings is 2. The zero-order valence-corrected chi connectivity index (χ0v) is 24.5. The number of methoxy groups -OCH3 is 1. The third-order valence-corrected chi connectivity index (χ3v) is 8.17. The Balaban J connectivity index is 1.26. The molecule has 0 bridgehead atoms. The monoisotopic (exact) mass is 622 g/mol. The highest BCUT2D eigenvalue weighted by molar-refractivity contribution is 7.89. The van der Waals surface area contributed by atoms with Crippen LogP contribution < -0.4 is 25.8 Å². The van der Waals surface area contributed by atoms with Crippen LogP contribution in [0.1, 0.15) is 5.56 Å². The molecule has 14 heteroatoms. The molecule has 0 radical (unpaired) electrons. The van der Waals surface area contributed by atoms with E-state index in [4.69, 9.17) is 14.6 Å². The van der Waals surface area contributed by atoms with Crippen molar-refractivity contribution in [2.75, 3.05) is 30.9 Å². The predicted molar refractivity (Wildman–Crippen MR) is 163 cm³/mol. The first kappa shape index (κ1) is 30.0. The Bertz CT molecular complexity index is 1870. The van der Waals surface area contributed by atoms with E-state index < -0.39 is 21.9 Å². The lowest BCUT2D eigenvalue weighted by molar-refractivity contribution is 0.199. The Hall–Kier alpha value is -4.47. The number of sulfonamides is 1. The zero-order chi connectivity index (χ0) is 30.4. The van der Waals surface area contributed by atoms with E-state index in [0.29, 0.717) is 24.4 Å². The molecule has 3 aromatic heterocycles. The molecular formula is C29H27FN6O5S2. The average Bonchev–Trinajstić information content (AvgIpc) is 3.42. The van der Waals surface area contributed by atoms with Gasteiger partial charge in [0.05, 0.1) is 32.3 Å². The average molecular weight is 623 g/mol. The summed E-state index contributed by atoms with van der Waals surface area (Å²) in [5, 5.41) is 13.4. The number of carbonyl (C=O) groups excluding carboxylic acids is 1. The number of halogens is 1. The molecule has 5 rings (SSSR count). The number of amides is 2. The third-order valence-electron chi connectivity index (χ3n) is 6.10. The maximum atomic E-state index is 15.0. The summed E-state index contributed by atoms with van der Waals surface area (Å²) in [6, 6.07) is 16.2. The molecule has 0 fully saturated rings. The van der Waals surface area contributed by atoms with E-state index in [2.05, 4.69) is 25.9 Å². The molecule has 0 aliphatic carbocycles. The summed E-state index contributed by atoms with van der Waals surface area (Å²) < 4.78 is 49.8. The normalized spacial score (nSPS) is 11.4. The van der Waals surface area contributed by atoms with Gasteiger partial charge in [0.1, 0.15) is 5.75 Å². The lowest BCUT2D eigenvalue weighted by Gasteiger charge is -2.11. The largest absolute Gasteiger partial charge is 0.453 e. The van der Waals surface area contributed by atoms with Crippen LogP contribution in [0.4, 0.5) is 20.6 Å². The molecule has 0 aliphatic heterocycles. The number of benzene rings is 2. The molecule has 0 saturated carbocycles. The van der Waals surface area contributed by atoms with Gasteiger partial charge in [-0.1, -0.05) is 12.1 Å². The van der Waals surface area contributed by atoms with Gasteiger partial charge >= 0.3 is 6.03 Å². The molecule has 43 heavy (non-hydrogen) atoms. The molecule has 0 saturated heterocycles. The fraction of sp³-hybridized carbons (Fsp3) is 0.138. The first-order chi connectivity index (χ1) is 20.7. The van der Waals surface area contributed by atoms with Gasteiger partial charge in [-0.2, -0.15) is 0 Å².